The van der Waals surface area contributed by atoms with Crippen molar-refractivity contribution in [1.29, 1.82) is 0 Å². The van der Waals surface area contributed by atoms with Crippen LogP contribution in [0.4, 0.5) is 4.39 Å². The van der Waals surface area contributed by atoms with Gasteiger partial charge in [-0.15, -0.1) is 0 Å². The third-order valence-corrected chi connectivity index (χ3v) is 6.21. The molecule has 112 valence electrons. The molecular formula is C13H19FN2O2S2. The highest BCUT2D eigenvalue weighted by molar-refractivity contribution is 8.00. The predicted octanol–water partition coefficient (Wildman–Crippen LogP) is 1.67. The molecule has 1 heterocycles. The zero-order valence-corrected chi connectivity index (χ0v) is 13.2. The highest BCUT2D eigenvalue weighted by atomic mass is 32.2. The summed E-state index contributed by atoms with van der Waals surface area (Å²) in [5, 5.41) is 3.17. The molecule has 7 heteroatoms. The Hall–Kier alpha value is -0.630. The van der Waals surface area contributed by atoms with Gasteiger partial charge in [0.05, 0.1) is 0 Å². The third-order valence-electron chi connectivity index (χ3n) is 3.20. The van der Waals surface area contributed by atoms with E-state index in [1.807, 2.05) is 6.92 Å². The van der Waals surface area contributed by atoms with Gasteiger partial charge in [-0.05, 0) is 24.7 Å². The summed E-state index contributed by atoms with van der Waals surface area (Å²) in [4.78, 5) is -0.218. The van der Waals surface area contributed by atoms with Gasteiger partial charge in [0.2, 0.25) is 10.0 Å². The van der Waals surface area contributed by atoms with Gasteiger partial charge in [-0.25, -0.2) is 12.8 Å². The summed E-state index contributed by atoms with van der Waals surface area (Å²) in [7, 11) is -1.98. The van der Waals surface area contributed by atoms with Crippen molar-refractivity contribution in [3.8, 4) is 0 Å². The lowest BCUT2D eigenvalue weighted by Crippen LogP contribution is -2.41. The molecule has 1 saturated heterocycles. The number of thioether (sulfide) groups is 1. The standard InChI is InChI=1S/C13H19FN2O2S2/c1-10-9-16(5-6-19-10)20(17,18)13-7-11(8-15-2)3-4-12(13)14/h3-4,7,10,15H,5-6,8-9H2,1-2H3. The van der Waals surface area contributed by atoms with Gasteiger partial charge in [-0.2, -0.15) is 16.1 Å². The summed E-state index contributed by atoms with van der Waals surface area (Å²) in [6, 6.07) is 4.24. The highest BCUT2D eigenvalue weighted by Gasteiger charge is 2.31. The van der Waals surface area contributed by atoms with Crippen LogP contribution < -0.4 is 5.32 Å². The lowest BCUT2D eigenvalue weighted by Gasteiger charge is -2.29. The van der Waals surface area contributed by atoms with Crippen LogP contribution in [0.25, 0.3) is 0 Å². The van der Waals surface area contributed by atoms with E-state index in [-0.39, 0.29) is 10.1 Å². The van der Waals surface area contributed by atoms with E-state index >= 15 is 0 Å². The van der Waals surface area contributed by atoms with Crippen LogP contribution in [-0.4, -0.2) is 43.9 Å². The number of rotatable bonds is 4. The summed E-state index contributed by atoms with van der Waals surface area (Å²) in [6.07, 6.45) is 0. The van der Waals surface area contributed by atoms with E-state index in [0.29, 0.717) is 19.6 Å². The fourth-order valence-electron chi connectivity index (χ4n) is 2.20. The Kier molecular flexibility index (Phi) is 5.06. The Balaban J connectivity index is 2.35. The third kappa shape index (κ3) is 3.33. The fraction of sp³-hybridized carbons (Fsp3) is 0.538. The van der Waals surface area contributed by atoms with E-state index in [1.165, 1.54) is 16.4 Å². The smallest absolute Gasteiger partial charge is 0.246 e. The molecule has 1 unspecified atom stereocenters. The molecule has 0 saturated carbocycles. The molecule has 1 fully saturated rings. The molecule has 0 bridgehead atoms. The molecule has 1 aliphatic rings. The summed E-state index contributed by atoms with van der Waals surface area (Å²) in [6.45, 7) is 3.37. The minimum atomic E-state index is -3.75. The van der Waals surface area contributed by atoms with E-state index in [9.17, 15) is 12.8 Å². The second-order valence-electron chi connectivity index (χ2n) is 4.84. The molecule has 0 aliphatic carbocycles. The van der Waals surface area contributed by atoms with Crippen molar-refractivity contribution in [3.05, 3.63) is 29.6 Å². The molecule has 2 rings (SSSR count). The molecule has 0 aromatic heterocycles. The maximum absolute atomic E-state index is 13.9. The van der Waals surface area contributed by atoms with Crippen molar-refractivity contribution < 1.29 is 12.8 Å². The minimum absolute atomic E-state index is 0.218. The molecule has 1 aliphatic heterocycles. The number of benzene rings is 1. The van der Waals surface area contributed by atoms with Gasteiger partial charge in [0.1, 0.15) is 10.7 Å². The number of halogens is 1. The monoisotopic (exact) mass is 318 g/mol. The van der Waals surface area contributed by atoms with Crippen LogP contribution >= 0.6 is 11.8 Å². The first-order valence-electron chi connectivity index (χ1n) is 6.50. The zero-order chi connectivity index (χ0) is 14.8. The van der Waals surface area contributed by atoms with Crippen molar-refractivity contribution in [2.45, 2.75) is 23.6 Å². The first-order chi connectivity index (χ1) is 9.45. The zero-order valence-electron chi connectivity index (χ0n) is 11.6. The SMILES string of the molecule is CNCc1ccc(F)c(S(=O)(=O)N2CCSC(C)C2)c1. The largest absolute Gasteiger partial charge is 0.316 e. The average molecular weight is 318 g/mol. The van der Waals surface area contributed by atoms with Crippen LogP contribution in [0, 0.1) is 5.82 Å². The lowest BCUT2D eigenvalue weighted by atomic mass is 10.2. The first-order valence-corrected chi connectivity index (χ1v) is 8.99. The Morgan fingerprint density at radius 1 is 1.50 bits per heavy atom. The summed E-state index contributed by atoms with van der Waals surface area (Å²) >= 11 is 1.74. The number of hydrogen-bond acceptors (Lipinski definition) is 4. The van der Waals surface area contributed by atoms with Gasteiger partial charge in [0.15, 0.2) is 0 Å². The molecule has 1 aromatic carbocycles. The van der Waals surface area contributed by atoms with E-state index < -0.39 is 15.8 Å². The van der Waals surface area contributed by atoms with Crippen molar-refractivity contribution in [2.24, 2.45) is 0 Å². The fourth-order valence-corrected chi connectivity index (χ4v) is 5.07. The molecular weight excluding hydrogens is 299 g/mol. The molecule has 1 atom stereocenters. The van der Waals surface area contributed by atoms with Crippen LogP contribution in [-0.2, 0) is 16.6 Å². The van der Waals surface area contributed by atoms with Gasteiger partial charge in [-0.1, -0.05) is 13.0 Å². The van der Waals surface area contributed by atoms with Crippen LogP contribution in [0.2, 0.25) is 0 Å². The van der Waals surface area contributed by atoms with Gasteiger partial charge < -0.3 is 5.32 Å². The Morgan fingerprint density at radius 2 is 2.25 bits per heavy atom. The Labute approximate surface area is 123 Å². The van der Waals surface area contributed by atoms with Crippen molar-refractivity contribution in [2.75, 3.05) is 25.9 Å². The van der Waals surface area contributed by atoms with Crippen molar-refractivity contribution in [3.63, 3.8) is 0 Å². The number of nitrogens with zero attached hydrogens (tertiary/aromatic N) is 1. The van der Waals surface area contributed by atoms with E-state index in [1.54, 1.807) is 24.9 Å². The van der Waals surface area contributed by atoms with Crippen LogP contribution in [0.15, 0.2) is 23.1 Å². The molecule has 4 nitrogen and oxygen atoms in total. The highest BCUT2D eigenvalue weighted by Crippen LogP contribution is 2.26. The topological polar surface area (TPSA) is 49.4 Å². The maximum Gasteiger partial charge on any atom is 0.246 e. The first kappa shape index (κ1) is 15.8. The summed E-state index contributed by atoms with van der Waals surface area (Å²) in [5.41, 5.74) is 0.756. The van der Waals surface area contributed by atoms with E-state index in [0.717, 1.165) is 11.3 Å². The number of nitrogens with one attached hydrogen (secondary N) is 1. The quantitative estimate of drug-likeness (QED) is 0.917. The molecule has 20 heavy (non-hydrogen) atoms. The van der Waals surface area contributed by atoms with Gasteiger partial charge in [0.25, 0.3) is 0 Å². The second kappa shape index (κ2) is 6.43. The summed E-state index contributed by atoms with van der Waals surface area (Å²) < 4.78 is 40.4. The Morgan fingerprint density at radius 3 is 2.90 bits per heavy atom. The number of sulfonamides is 1. The molecule has 0 amide bonds. The van der Waals surface area contributed by atoms with Gasteiger partial charge >= 0.3 is 0 Å². The average Bonchev–Trinajstić information content (AvgIpc) is 2.41. The van der Waals surface area contributed by atoms with Crippen LogP contribution in [0.3, 0.4) is 0 Å². The lowest BCUT2D eigenvalue weighted by molar-refractivity contribution is 0.420. The molecule has 0 spiro atoms. The maximum atomic E-state index is 13.9. The van der Waals surface area contributed by atoms with E-state index in [2.05, 4.69) is 5.32 Å². The second-order valence-corrected chi connectivity index (χ2v) is 8.29. The van der Waals surface area contributed by atoms with E-state index in [4.69, 9.17) is 0 Å². The summed E-state index contributed by atoms with van der Waals surface area (Å²) in [5.74, 6) is 0.0637. The van der Waals surface area contributed by atoms with Gasteiger partial charge in [-0.3, -0.25) is 0 Å². The Bertz CT molecular complexity index is 578. The van der Waals surface area contributed by atoms with Crippen molar-refractivity contribution >= 4 is 21.8 Å². The van der Waals surface area contributed by atoms with Gasteiger partial charge in [0, 0.05) is 30.6 Å². The predicted molar refractivity (Wildman–Crippen MR) is 79.8 cm³/mol. The van der Waals surface area contributed by atoms with Crippen molar-refractivity contribution in [1.82, 2.24) is 9.62 Å². The molecule has 1 N–H and O–H groups in total. The van der Waals surface area contributed by atoms with Crippen LogP contribution in [0.5, 0.6) is 0 Å². The minimum Gasteiger partial charge on any atom is -0.316 e. The normalized spacial score (nSPS) is 21.1. The number of hydrogen-bond donors (Lipinski definition) is 1. The molecule has 1 aromatic rings. The molecule has 0 radical (unpaired) electrons. The van der Waals surface area contributed by atoms with Crippen LogP contribution in [0.1, 0.15) is 12.5 Å².